The molecule has 0 aliphatic rings. The number of aromatic carboxylic acids is 1. The predicted octanol–water partition coefficient (Wildman–Crippen LogP) is 1.04. The van der Waals surface area contributed by atoms with Crippen LogP contribution in [0.1, 0.15) is 28.5 Å². The van der Waals surface area contributed by atoms with Gasteiger partial charge in [-0.3, -0.25) is 9.78 Å². The number of rotatable bonds is 5. The van der Waals surface area contributed by atoms with Crippen molar-refractivity contribution in [2.75, 3.05) is 5.32 Å². The maximum Gasteiger partial charge on any atom is 0.337 e. The van der Waals surface area contributed by atoms with Gasteiger partial charge < -0.3 is 14.9 Å². The Morgan fingerprint density at radius 2 is 2.25 bits per heavy atom. The van der Waals surface area contributed by atoms with Crippen molar-refractivity contribution in [3.63, 3.8) is 0 Å². The lowest BCUT2D eigenvalue weighted by molar-refractivity contribution is -0.116. The lowest BCUT2D eigenvalue weighted by atomic mass is 10.2. The summed E-state index contributed by atoms with van der Waals surface area (Å²) in [6.45, 7) is 1.68. The average molecular weight is 276 g/mol. The number of hydrogen-bond donors (Lipinski definition) is 2. The Kier molecular flexibility index (Phi) is 4.04. The number of aromatic nitrogens is 3. The van der Waals surface area contributed by atoms with Gasteiger partial charge in [-0.05, 0) is 13.0 Å². The molecule has 0 spiro atoms. The van der Waals surface area contributed by atoms with Crippen LogP contribution in [0, 0.1) is 6.92 Å². The van der Waals surface area contributed by atoms with Crippen LogP contribution in [0.25, 0.3) is 0 Å². The number of carbonyl (C=O) groups excluding carboxylic acids is 1. The number of aryl methyl sites for hydroxylation is 2. The van der Waals surface area contributed by atoms with Crippen LogP contribution in [-0.4, -0.2) is 32.1 Å². The van der Waals surface area contributed by atoms with Gasteiger partial charge in [-0.2, -0.15) is 4.98 Å². The highest BCUT2D eigenvalue weighted by molar-refractivity contribution is 6.00. The Morgan fingerprint density at radius 3 is 2.90 bits per heavy atom. The Bertz CT molecular complexity index is 638. The summed E-state index contributed by atoms with van der Waals surface area (Å²) in [6, 6.07) is 1.32. The van der Waals surface area contributed by atoms with Gasteiger partial charge in [0.05, 0.1) is 17.4 Å². The third-order valence-corrected chi connectivity index (χ3v) is 2.46. The highest BCUT2D eigenvalue weighted by atomic mass is 16.5. The molecule has 2 aromatic rings. The molecule has 0 saturated heterocycles. The van der Waals surface area contributed by atoms with Gasteiger partial charge in [-0.15, -0.1) is 0 Å². The van der Waals surface area contributed by atoms with Crippen molar-refractivity contribution in [1.82, 2.24) is 15.1 Å². The zero-order valence-corrected chi connectivity index (χ0v) is 10.7. The lowest BCUT2D eigenvalue weighted by Crippen LogP contribution is -2.15. The molecule has 104 valence electrons. The van der Waals surface area contributed by atoms with E-state index in [4.69, 9.17) is 9.63 Å². The molecule has 2 heterocycles. The molecule has 1 amide bonds. The first-order valence-corrected chi connectivity index (χ1v) is 5.82. The van der Waals surface area contributed by atoms with Gasteiger partial charge >= 0.3 is 5.97 Å². The zero-order chi connectivity index (χ0) is 14.5. The summed E-state index contributed by atoms with van der Waals surface area (Å²) < 4.78 is 4.88. The van der Waals surface area contributed by atoms with Gasteiger partial charge in [-0.1, -0.05) is 5.16 Å². The van der Waals surface area contributed by atoms with Crippen LogP contribution >= 0.6 is 0 Å². The molecule has 2 aromatic heterocycles. The van der Waals surface area contributed by atoms with Crippen molar-refractivity contribution < 1.29 is 19.2 Å². The summed E-state index contributed by atoms with van der Waals surface area (Å²) in [5, 5.41) is 15.1. The van der Waals surface area contributed by atoms with Crippen LogP contribution in [0.5, 0.6) is 0 Å². The quantitative estimate of drug-likeness (QED) is 0.837. The largest absolute Gasteiger partial charge is 0.478 e. The molecule has 0 aliphatic carbocycles. The molecule has 0 unspecified atom stereocenters. The fourth-order valence-corrected chi connectivity index (χ4v) is 1.56. The normalized spacial score (nSPS) is 10.2. The number of hydrogen-bond acceptors (Lipinski definition) is 6. The molecule has 20 heavy (non-hydrogen) atoms. The van der Waals surface area contributed by atoms with E-state index in [0.29, 0.717) is 11.7 Å². The Hall–Kier alpha value is -2.77. The van der Waals surface area contributed by atoms with Crippen LogP contribution in [0.3, 0.4) is 0 Å². The number of anilines is 1. The minimum atomic E-state index is -1.13. The fraction of sp³-hybridized carbons (Fsp3) is 0.250. The Labute approximate surface area is 113 Å². The number of carboxylic acid groups (broad SMARTS) is 1. The van der Waals surface area contributed by atoms with Gasteiger partial charge in [-0.25, -0.2) is 4.79 Å². The predicted molar refractivity (Wildman–Crippen MR) is 67.2 cm³/mol. The van der Waals surface area contributed by atoms with E-state index >= 15 is 0 Å². The van der Waals surface area contributed by atoms with Crippen molar-refractivity contribution in [1.29, 1.82) is 0 Å². The summed E-state index contributed by atoms with van der Waals surface area (Å²) in [6.07, 6.45) is 3.03. The van der Waals surface area contributed by atoms with Crippen LogP contribution in [-0.2, 0) is 11.2 Å². The van der Waals surface area contributed by atoms with Crippen LogP contribution in [0.15, 0.2) is 23.0 Å². The first-order chi connectivity index (χ1) is 9.56. The van der Waals surface area contributed by atoms with Gasteiger partial charge in [0, 0.05) is 19.0 Å². The van der Waals surface area contributed by atoms with Gasteiger partial charge in [0.25, 0.3) is 0 Å². The minimum absolute atomic E-state index is 0.0121. The lowest BCUT2D eigenvalue weighted by Gasteiger charge is -2.06. The van der Waals surface area contributed by atoms with E-state index in [0.717, 1.165) is 0 Å². The maximum atomic E-state index is 11.7. The second-order valence-corrected chi connectivity index (χ2v) is 4.01. The Balaban J connectivity index is 1.96. The van der Waals surface area contributed by atoms with Crippen LogP contribution < -0.4 is 5.32 Å². The highest BCUT2D eigenvalue weighted by Gasteiger charge is 2.13. The number of carbonyl (C=O) groups is 2. The first-order valence-electron chi connectivity index (χ1n) is 5.82. The molecule has 0 aliphatic heterocycles. The number of nitrogens with one attached hydrogen (secondary N) is 1. The molecule has 0 atom stereocenters. The van der Waals surface area contributed by atoms with Crippen molar-refractivity contribution in [2.45, 2.75) is 19.8 Å². The second-order valence-electron chi connectivity index (χ2n) is 4.01. The smallest absolute Gasteiger partial charge is 0.337 e. The summed E-state index contributed by atoms with van der Waals surface area (Å²) in [5.41, 5.74) is 0.147. The third kappa shape index (κ3) is 3.37. The standard InChI is InChI=1S/C12H12N4O4/c1-7-14-11(20-16-7)3-2-10(17)15-9-6-13-5-4-8(9)12(18)19/h4-6H,2-3H2,1H3,(H,15,17)(H,18,19). The molecular formula is C12H12N4O4. The van der Waals surface area contributed by atoms with E-state index in [9.17, 15) is 9.59 Å². The molecule has 0 saturated carbocycles. The third-order valence-electron chi connectivity index (χ3n) is 2.46. The van der Waals surface area contributed by atoms with E-state index in [2.05, 4.69) is 20.4 Å². The Morgan fingerprint density at radius 1 is 1.45 bits per heavy atom. The fourth-order valence-electron chi connectivity index (χ4n) is 1.56. The molecule has 0 fully saturated rings. The van der Waals surface area contributed by atoms with E-state index in [1.165, 1.54) is 18.5 Å². The number of nitrogens with zero attached hydrogens (tertiary/aromatic N) is 3. The molecule has 0 radical (unpaired) electrons. The second kappa shape index (κ2) is 5.91. The topological polar surface area (TPSA) is 118 Å². The molecule has 0 aromatic carbocycles. The maximum absolute atomic E-state index is 11.7. The molecule has 8 heteroatoms. The van der Waals surface area contributed by atoms with Crippen molar-refractivity contribution in [3.8, 4) is 0 Å². The minimum Gasteiger partial charge on any atom is -0.478 e. The summed E-state index contributed by atoms with van der Waals surface area (Å²) in [4.78, 5) is 30.5. The SMILES string of the molecule is Cc1noc(CCC(=O)Nc2cnccc2C(=O)O)n1. The van der Waals surface area contributed by atoms with Gasteiger partial charge in [0.2, 0.25) is 11.8 Å². The summed E-state index contributed by atoms with van der Waals surface area (Å²) in [5.74, 6) is -0.616. The molecule has 2 rings (SSSR count). The highest BCUT2D eigenvalue weighted by Crippen LogP contribution is 2.13. The van der Waals surface area contributed by atoms with Crippen LogP contribution in [0.2, 0.25) is 0 Å². The van der Waals surface area contributed by atoms with E-state index in [-0.39, 0.29) is 30.0 Å². The molecular weight excluding hydrogens is 264 g/mol. The molecule has 8 nitrogen and oxygen atoms in total. The van der Waals surface area contributed by atoms with E-state index in [1.807, 2.05) is 0 Å². The number of pyridine rings is 1. The van der Waals surface area contributed by atoms with Crippen molar-refractivity contribution in [3.05, 3.63) is 35.7 Å². The van der Waals surface area contributed by atoms with Gasteiger partial charge in [0.1, 0.15) is 0 Å². The zero-order valence-electron chi connectivity index (χ0n) is 10.7. The number of carboxylic acids is 1. The molecule has 0 bridgehead atoms. The van der Waals surface area contributed by atoms with Crippen molar-refractivity contribution in [2.24, 2.45) is 0 Å². The molecule has 2 N–H and O–H groups in total. The van der Waals surface area contributed by atoms with E-state index in [1.54, 1.807) is 6.92 Å². The summed E-state index contributed by atoms with van der Waals surface area (Å²) in [7, 11) is 0. The van der Waals surface area contributed by atoms with E-state index < -0.39 is 5.97 Å². The van der Waals surface area contributed by atoms with Crippen LogP contribution in [0.4, 0.5) is 5.69 Å². The monoisotopic (exact) mass is 276 g/mol. The average Bonchev–Trinajstić information content (AvgIpc) is 2.83. The van der Waals surface area contributed by atoms with Crippen molar-refractivity contribution >= 4 is 17.6 Å². The number of amides is 1. The first kappa shape index (κ1) is 13.7. The summed E-state index contributed by atoms with van der Waals surface area (Å²) >= 11 is 0. The van der Waals surface area contributed by atoms with Gasteiger partial charge in [0.15, 0.2) is 5.82 Å².